The van der Waals surface area contributed by atoms with Crippen LogP contribution < -0.4 is 10.7 Å². The van der Waals surface area contributed by atoms with Crippen molar-refractivity contribution in [1.29, 1.82) is 0 Å². The molecular weight excluding hydrogens is 346 g/mol. The molecule has 10 heteroatoms. The number of amides is 2. The van der Waals surface area contributed by atoms with Crippen LogP contribution in [0.5, 0.6) is 11.5 Å². The van der Waals surface area contributed by atoms with Gasteiger partial charge in [-0.25, -0.2) is 5.43 Å². The van der Waals surface area contributed by atoms with Gasteiger partial charge in [0, 0.05) is 18.1 Å². The largest absolute Gasteiger partial charge is 0.508 e. The van der Waals surface area contributed by atoms with Crippen molar-refractivity contribution in [3.05, 3.63) is 28.8 Å². The summed E-state index contributed by atoms with van der Waals surface area (Å²) in [6.45, 7) is 1.90. The van der Waals surface area contributed by atoms with E-state index in [1.807, 2.05) is 6.92 Å². The molecule has 1 heterocycles. The van der Waals surface area contributed by atoms with Gasteiger partial charge in [-0.3, -0.25) is 9.59 Å². The number of carbonyl (C=O) groups is 2. The smallest absolute Gasteiger partial charge is 0.247 e. The summed E-state index contributed by atoms with van der Waals surface area (Å²) < 4.78 is 0. The Morgan fingerprint density at radius 2 is 2.08 bits per heavy atom. The minimum absolute atomic E-state index is 0.0415. The van der Waals surface area contributed by atoms with Crippen molar-refractivity contribution in [2.75, 3.05) is 5.32 Å². The summed E-state index contributed by atoms with van der Waals surface area (Å²) in [7, 11) is 0. The van der Waals surface area contributed by atoms with E-state index in [1.165, 1.54) is 24.4 Å². The van der Waals surface area contributed by atoms with Gasteiger partial charge in [-0.2, -0.15) is 5.10 Å². The van der Waals surface area contributed by atoms with Crippen LogP contribution in [0.4, 0.5) is 5.13 Å². The molecule has 2 aromatic rings. The van der Waals surface area contributed by atoms with Crippen LogP contribution in [0.2, 0.25) is 0 Å². The summed E-state index contributed by atoms with van der Waals surface area (Å²) in [5.41, 5.74) is 2.64. The number of benzene rings is 1. The molecule has 25 heavy (non-hydrogen) atoms. The Kier molecular flexibility index (Phi) is 6.40. The highest BCUT2D eigenvalue weighted by Crippen LogP contribution is 2.20. The van der Waals surface area contributed by atoms with E-state index in [0.29, 0.717) is 22.1 Å². The first-order valence-electron chi connectivity index (χ1n) is 7.44. The Labute approximate surface area is 147 Å². The molecule has 0 unspecified atom stereocenters. The molecule has 0 saturated carbocycles. The highest BCUT2D eigenvalue weighted by Gasteiger charge is 2.10. The molecular formula is C15H17N5O4S. The summed E-state index contributed by atoms with van der Waals surface area (Å²) in [6, 6.07) is 4.01. The number of aromatic nitrogens is 2. The normalized spacial score (nSPS) is 10.8. The van der Waals surface area contributed by atoms with E-state index in [4.69, 9.17) is 0 Å². The lowest BCUT2D eigenvalue weighted by Crippen LogP contribution is -2.19. The fourth-order valence-corrected chi connectivity index (χ4v) is 2.53. The van der Waals surface area contributed by atoms with E-state index in [2.05, 4.69) is 26.0 Å². The standard InChI is InChI=1S/C15H17N5O4S/c1-2-3-12(23)17-15-20-19-14(25-15)7-13(24)18-16-8-9-4-5-10(21)6-11(9)22/h4-6,8,21-22H,2-3,7H2,1H3,(H,18,24)(H,17,20,23)/b16-8+. The van der Waals surface area contributed by atoms with Gasteiger partial charge in [-0.1, -0.05) is 18.3 Å². The Morgan fingerprint density at radius 3 is 2.80 bits per heavy atom. The number of carbonyl (C=O) groups excluding carboxylic acids is 2. The number of anilines is 1. The molecule has 9 nitrogen and oxygen atoms in total. The first-order chi connectivity index (χ1) is 12.0. The molecule has 0 bridgehead atoms. The SMILES string of the molecule is CCCC(=O)Nc1nnc(CC(=O)N/N=C/c2ccc(O)cc2O)s1. The summed E-state index contributed by atoms with van der Waals surface area (Å²) in [6.07, 6.45) is 2.34. The number of phenols is 2. The van der Waals surface area contributed by atoms with Gasteiger partial charge in [0.1, 0.15) is 16.5 Å². The van der Waals surface area contributed by atoms with Crippen LogP contribution >= 0.6 is 11.3 Å². The fourth-order valence-electron chi connectivity index (χ4n) is 1.78. The van der Waals surface area contributed by atoms with Gasteiger partial charge in [0.25, 0.3) is 0 Å². The quantitative estimate of drug-likeness (QED) is 0.433. The Hall–Kier alpha value is -3.01. The van der Waals surface area contributed by atoms with Crippen molar-refractivity contribution in [2.45, 2.75) is 26.2 Å². The number of nitrogens with zero attached hydrogens (tertiary/aromatic N) is 3. The van der Waals surface area contributed by atoms with Crippen molar-refractivity contribution < 1.29 is 19.8 Å². The van der Waals surface area contributed by atoms with Crippen molar-refractivity contribution in [3.63, 3.8) is 0 Å². The molecule has 132 valence electrons. The molecule has 0 radical (unpaired) electrons. The van der Waals surface area contributed by atoms with Crippen molar-refractivity contribution in [2.24, 2.45) is 5.10 Å². The van der Waals surface area contributed by atoms with E-state index in [-0.39, 0.29) is 23.8 Å². The molecule has 2 rings (SSSR count). The van der Waals surface area contributed by atoms with Gasteiger partial charge in [0.2, 0.25) is 16.9 Å². The Balaban J connectivity index is 1.85. The average Bonchev–Trinajstić information content (AvgIpc) is 2.96. The third-order valence-electron chi connectivity index (χ3n) is 2.91. The third kappa shape index (κ3) is 5.84. The minimum atomic E-state index is -0.419. The van der Waals surface area contributed by atoms with E-state index >= 15 is 0 Å². The van der Waals surface area contributed by atoms with Gasteiger partial charge < -0.3 is 15.5 Å². The number of hydrazone groups is 1. The summed E-state index contributed by atoms with van der Waals surface area (Å²) in [5, 5.41) is 33.5. The maximum absolute atomic E-state index is 11.8. The Morgan fingerprint density at radius 1 is 1.28 bits per heavy atom. The Bertz CT molecular complexity index is 790. The number of hydrogen-bond donors (Lipinski definition) is 4. The van der Waals surface area contributed by atoms with Gasteiger partial charge in [0.05, 0.1) is 12.6 Å². The molecule has 0 atom stereocenters. The van der Waals surface area contributed by atoms with Gasteiger partial charge in [0.15, 0.2) is 0 Å². The highest BCUT2D eigenvalue weighted by molar-refractivity contribution is 7.15. The molecule has 4 N–H and O–H groups in total. The van der Waals surface area contributed by atoms with Crippen LogP contribution in [0.1, 0.15) is 30.3 Å². The van der Waals surface area contributed by atoms with Crippen LogP contribution in [0.15, 0.2) is 23.3 Å². The molecule has 0 fully saturated rings. The lowest BCUT2D eigenvalue weighted by atomic mass is 10.2. The predicted molar refractivity (Wildman–Crippen MR) is 92.7 cm³/mol. The first kappa shape index (κ1) is 18.3. The van der Waals surface area contributed by atoms with E-state index in [0.717, 1.165) is 17.8 Å². The number of rotatable bonds is 7. The highest BCUT2D eigenvalue weighted by atomic mass is 32.1. The second-order valence-corrected chi connectivity index (χ2v) is 6.07. The molecule has 0 aliphatic rings. The van der Waals surface area contributed by atoms with Gasteiger partial charge in [-0.05, 0) is 18.6 Å². The van der Waals surface area contributed by atoms with Crippen LogP contribution in [0, 0.1) is 0 Å². The maximum atomic E-state index is 11.8. The third-order valence-corrected chi connectivity index (χ3v) is 3.75. The topological polar surface area (TPSA) is 137 Å². The molecule has 0 aliphatic carbocycles. The molecule has 1 aromatic heterocycles. The number of phenolic OH excluding ortho intramolecular Hbond substituents is 2. The lowest BCUT2D eigenvalue weighted by molar-refractivity contribution is -0.120. The number of hydrogen-bond acceptors (Lipinski definition) is 8. The lowest BCUT2D eigenvalue weighted by Gasteiger charge is -2.00. The first-order valence-corrected chi connectivity index (χ1v) is 8.25. The zero-order valence-electron chi connectivity index (χ0n) is 13.4. The van der Waals surface area contributed by atoms with E-state index < -0.39 is 5.91 Å². The molecule has 0 saturated heterocycles. The molecule has 0 aliphatic heterocycles. The summed E-state index contributed by atoms with van der Waals surface area (Å²) in [5.74, 6) is -0.795. The zero-order chi connectivity index (χ0) is 18.2. The second-order valence-electron chi connectivity index (χ2n) is 5.01. The molecule has 2 amide bonds. The summed E-state index contributed by atoms with van der Waals surface area (Å²) >= 11 is 1.11. The maximum Gasteiger partial charge on any atom is 0.247 e. The van der Waals surface area contributed by atoms with Gasteiger partial charge >= 0.3 is 0 Å². The number of nitrogens with one attached hydrogen (secondary N) is 2. The fraction of sp³-hybridized carbons (Fsp3) is 0.267. The van der Waals surface area contributed by atoms with Crippen molar-refractivity contribution in [3.8, 4) is 11.5 Å². The van der Waals surface area contributed by atoms with E-state index in [1.54, 1.807) is 0 Å². The van der Waals surface area contributed by atoms with Crippen LogP contribution in [-0.2, 0) is 16.0 Å². The molecule has 0 spiro atoms. The zero-order valence-corrected chi connectivity index (χ0v) is 14.2. The summed E-state index contributed by atoms with van der Waals surface area (Å²) in [4.78, 5) is 23.3. The van der Waals surface area contributed by atoms with Crippen LogP contribution in [0.25, 0.3) is 0 Å². The second kappa shape index (κ2) is 8.73. The van der Waals surface area contributed by atoms with Gasteiger partial charge in [-0.15, -0.1) is 10.2 Å². The number of aromatic hydroxyl groups is 2. The van der Waals surface area contributed by atoms with Crippen molar-refractivity contribution >= 4 is 34.5 Å². The van der Waals surface area contributed by atoms with Crippen molar-refractivity contribution in [1.82, 2.24) is 15.6 Å². The molecule has 1 aromatic carbocycles. The monoisotopic (exact) mass is 363 g/mol. The minimum Gasteiger partial charge on any atom is -0.508 e. The predicted octanol–water partition coefficient (Wildman–Crippen LogP) is 1.38. The van der Waals surface area contributed by atoms with E-state index in [9.17, 15) is 19.8 Å². The van der Waals surface area contributed by atoms with Crippen LogP contribution in [-0.4, -0.2) is 38.4 Å². The van der Waals surface area contributed by atoms with Crippen LogP contribution in [0.3, 0.4) is 0 Å². The average molecular weight is 363 g/mol.